The summed E-state index contributed by atoms with van der Waals surface area (Å²) in [6.45, 7) is 0.262. The summed E-state index contributed by atoms with van der Waals surface area (Å²) in [6, 6.07) is 16.8. The van der Waals surface area contributed by atoms with Gasteiger partial charge in [0.2, 0.25) is 0 Å². The van der Waals surface area contributed by atoms with E-state index in [4.69, 9.17) is 4.84 Å². The van der Waals surface area contributed by atoms with E-state index in [9.17, 15) is 4.79 Å². The Balaban J connectivity index is 1.57. The lowest BCUT2D eigenvalue weighted by molar-refractivity contribution is -0.105. The lowest BCUT2D eigenvalue weighted by Crippen LogP contribution is -2.31. The zero-order valence-electron chi connectivity index (χ0n) is 12.0. The molecule has 0 saturated carbocycles. The van der Waals surface area contributed by atoms with Crippen LogP contribution in [0.4, 0.5) is 10.5 Å². The Morgan fingerprint density at radius 1 is 1.18 bits per heavy atom. The average Bonchev–Trinajstić information content (AvgIpc) is 2.96. The number of benzene rings is 2. The quantitative estimate of drug-likeness (QED) is 0.743. The lowest BCUT2D eigenvalue weighted by atomic mass is 10.3. The number of amides is 2. The van der Waals surface area contributed by atoms with Gasteiger partial charge in [0.1, 0.15) is 11.6 Å². The maximum Gasteiger partial charge on any atom is 0.345 e. The number of rotatable bonds is 4. The summed E-state index contributed by atoms with van der Waals surface area (Å²) >= 11 is 1.56. The molecular weight excluding hydrogens is 298 g/mol. The van der Waals surface area contributed by atoms with Gasteiger partial charge in [-0.25, -0.2) is 14.8 Å². The first-order valence-electron chi connectivity index (χ1n) is 6.79. The topological polar surface area (TPSA) is 54.5 Å². The molecule has 5 nitrogen and oxygen atoms in total. The van der Waals surface area contributed by atoms with Gasteiger partial charge in [-0.15, -0.1) is 11.3 Å². The second kappa shape index (κ2) is 6.55. The molecule has 3 rings (SSSR count). The molecule has 0 aliphatic heterocycles. The molecule has 2 aromatic carbocycles. The maximum atomic E-state index is 12.0. The van der Waals surface area contributed by atoms with Gasteiger partial charge in [-0.05, 0) is 24.3 Å². The molecule has 112 valence electrons. The van der Waals surface area contributed by atoms with E-state index in [1.165, 1.54) is 5.06 Å². The SMILES string of the molecule is CN(OCc1nc2ccccc2s1)C(=O)Nc1ccccc1. The van der Waals surface area contributed by atoms with Gasteiger partial charge in [-0.1, -0.05) is 30.3 Å². The molecule has 0 radical (unpaired) electrons. The van der Waals surface area contributed by atoms with E-state index in [-0.39, 0.29) is 12.6 Å². The standard InChI is InChI=1S/C16H15N3O2S/c1-19(16(20)17-12-7-3-2-4-8-12)21-11-15-18-13-9-5-6-10-14(13)22-15/h2-10H,11H2,1H3,(H,17,20). The van der Waals surface area contributed by atoms with Crippen LogP contribution in [0.3, 0.4) is 0 Å². The number of anilines is 1. The Labute approximate surface area is 132 Å². The van der Waals surface area contributed by atoms with Gasteiger partial charge >= 0.3 is 6.03 Å². The Bertz CT molecular complexity index is 740. The molecule has 0 unspecified atom stereocenters. The molecule has 0 aliphatic rings. The molecule has 6 heteroatoms. The van der Waals surface area contributed by atoms with Gasteiger partial charge in [-0.3, -0.25) is 4.84 Å². The number of fused-ring (bicyclic) bond motifs is 1. The van der Waals surface area contributed by atoms with Crippen molar-refractivity contribution >= 4 is 33.3 Å². The third-order valence-electron chi connectivity index (χ3n) is 3.03. The highest BCUT2D eigenvalue weighted by Crippen LogP contribution is 2.22. The molecule has 1 aromatic heterocycles. The highest BCUT2D eigenvalue weighted by Gasteiger charge is 2.11. The average molecular weight is 313 g/mol. The molecule has 0 aliphatic carbocycles. The van der Waals surface area contributed by atoms with Crippen LogP contribution in [-0.4, -0.2) is 23.1 Å². The summed E-state index contributed by atoms with van der Waals surface area (Å²) in [5, 5.41) is 4.76. The van der Waals surface area contributed by atoms with E-state index >= 15 is 0 Å². The monoisotopic (exact) mass is 313 g/mol. The predicted octanol–water partition coefficient (Wildman–Crippen LogP) is 3.89. The summed E-state index contributed by atoms with van der Waals surface area (Å²) in [5.74, 6) is 0. The van der Waals surface area contributed by atoms with Crippen LogP contribution in [0.15, 0.2) is 54.6 Å². The van der Waals surface area contributed by atoms with Crippen molar-refractivity contribution in [2.75, 3.05) is 12.4 Å². The minimum absolute atomic E-state index is 0.262. The third kappa shape index (κ3) is 3.41. The van der Waals surface area contributed by atoms with Gasteiger partial charge in [0, 0.05) is 12.7 Å². The number of carbonyl (C=O) groups is 1. The van der Waals surface area contributed by atoms with Crippen LogP contribution in [0.5, 0.6) is 0 Å². The summed E-state index contributed by atoms with van der Waals surface area (Å²) in [6.07, 6.45) is 0. The number of nitrogens with one attached hydrogen (secondary N) is 1. The van der Waals surface area contributed by atoms with Crippen molar-refractivity contribution in [2.24, 2.45) is 0 Å². The second-order valence-electron chi connectivity index (χ2n) is 4.64. The van der Waals surface area contributed by atoms with Crippen molar-refractivity contribution in [1.82, 2.24) is 10.0 Å². The molecule has 2 amide bonds. The number of para-hydroxylation sites is 2. The van der Waals surface area contributed by atoms with Gasteiger partial charge in [0.25, 0.3) is 0 Å². The largest absolute Gasteiger partial charge is 0.345 e. The summed E-state index contributed by atoms with van der Waals surface area (Å²) < 4.78 is 1.11. The second-order valence-corrected chi connectivity index (χ2v) is 5.76. The molecule has 0 atom stereocenters. The van der Waals surface area contributed by atoms with Gasteiger partial charge in [-0.2, -0.15) is 0 Å². The highest BCUT2D eigenvalue weighted by atomic mass is 32.1. The molecular formula is C16H15N3O2S. The molecule has 22 heavy (non-hydrogen) atoms. The predicted molar refractivity (Wildman–Crippen MR) is 87.6 cm³/mol. The van der Waals surface area contributed by atoms with Crippen LogP contribution in [0.25, 0.3) is 10.2 Å². The number of aromatic nitrogens is 1. The van der Waals surface area contributed by atoms with Gasteiger partial charge in [0.15, 0.2) is 0 Å². The number of carbonyl (C=O) groups excluding carboxylic acids is 1. The van der Waals surface area contributed by atoms with E-state index in [1.807, 2.05) is 54.6 Å². The van der Waals surface area contributed by atoms with Crippen LogP contribution in [0.2, 0.25) is 0 Å². The fourth-order valence-corrected chi connectivity index (χ4v) is 2.79. The van der Waals surface area contributed by atoms with E-state index in [1.54, 1.807) is 18.4 Å². The molecule has 0 fully saturated rings. The minimum Gasteiger partial charge on any atom is -0.306 e. The number of hydroxylamine groups is 2. The Morgan fingerprint density at radius 2 is 1.91 bits per heavy atom. The zero-order valence-corrected chi connectivity index (χ0v) is 12.8. The molecule has 3 aromatic rings. The Morgan fingerprint density at radius 3 is 2.68 bits per heavy atom. The first-order valence-corrected chi connectivity index (χ1v) is 7.61. The van der Waals surface area contributed by atoms with Crippen LogP contribution in [-0.2, 0) is 11.4 Å². The van der Waals surface area contributed by atoms with Gasteiger partial charge < -0.3 is 5.32 Å². The van der Waals surface area contributed by atoms with Gasteiger partial charge in [0.05, 0.1) is 10.2 Å². The van der Waals surface area contributed by atoms with Crippen LogP contribution < -0.4 is 5.32 Å². The number of hydrogen-bond acceptors (Lipinski definition) is 4. The van der Waals surface area contributed by atoms with E-state index in [0.29, 0.717) is 0 Å². The number of thiazole rings is 1. The normalized spacial score (nSPS) is 10.6. The maximum absolute atomic E-state index is 12.0. The van der Waals surface area contributed by atoms with Crippen molar-refractivity contribution in [3.8, 4) is 0 Å². The zero-order chi connectivity index (χ0) is 15.4. The first-order chi connectivity index (χ1) is 10.7. The number of urea groups is 1. The third-order valence-corrected chi connectivity index (χ3v) is 4.04. The molecule has 0 saturated heterocycles. The van der Waals surface area contributed by atoms with E-state index < -0.39 is 0 Å². The molecule has 0 spiro atoms. The van der Waals surface area contributed by atoms with Crippen LogP contribution in [0.1, 0.15) is 5.01 Å². The van der Waals surface area contributed by atoms with Crippen molar-refractivity contribution in [3.63, 3.8) is 0 Å². The van der Waals surface area contributed by atoms with E-state index in [2.05, 4.69) is 10.3 Å². The summed E-state index contributed by atoms with van der Waals surface area (Å²) in [7, 11) is 1.57. The molecule has 1 N–H and O–H groups in total. The smallest absolute Gasteiger partial charge is 0.306 e. The first kappa shape index (κ1) is 14.5. The Hall–Kier alpha value is -2.44. The Kier molecular flexibility index (Phi) is 4.32. The minimum atomic E-state index is -0.327. The van der Waals surface area contributed by atoms with Crippen molar-refractivity contribution in [1.29, 1.82) is 0 Å². The fraction of sp³-hybridized carbons (Fsp3) is 0.125. The summed E-state index contributed by atoms with van der Waals surface area (Å²) in [4.78, 5) is 21.9. The van der Waals surface area contributed by atoms with Crippen molar-refractivity contribution in [2.45, 2.75) is 6.61 Å². The summed E-state index contributed by atoms with van der Waals surface area (Å²) in [5.41, 5.74) is 1.67. The number of hydrogen-bond donors (Lipinski definition) is 1. The van der Waals surface area contributed by atoms with E-state index in [0.717, 1.165) is 20.9 Å². The molecule has 0 bridgehead atoms. The van der Waals surface area contributed by atoms with Crippen LogP contribution in [0, 0.1) is 0 Å². The highest BCUT2D eigenvalue weighted by molar-refractivity contribution is 7.18. The fourth-order valence-electron chi connectivity index (χ4n) is 1.92. The number of nitrogens with zero attached hydrogens (tertiary/aromatic N) is 2. The lowest BCUT2D eigenvalue weighted by Gasteiger charge is -2.16. The van der Waals surface area contributed by atoms with Crippen molar-refractivity contribution < 1.29 is 9.63 Å². The van der Waals surface area contributed by atoms with Crippen molar-refractivity contribution in [3.05, 3.63) is 59.6 Å². The molecule has 1 heterocycles. The van der Waals surface area contributed by atoms with Crippen LogP contribution >= 0.6 is 11.3 Å².